The molecule has 0 bridgehead atoms. The largest absolute Gasteiger partial charge is 0.465 e. The van der Waals surface area contributed by atoms with E-state index in [1.807, 2.05) is 18.2 Å². The minimum absolute atomic E-state index is 0.201. The van der Waals surface area contributed by atoms with Crippen molar-refractivity contribution < 1.29 is 9.53 Å². The van der Waals surface area contributed by atoms with Gasteiger partial charge in [-0.15, -0.1) is 0 Å². The molecule has 0 aliphatic heterocycles. The molecule has 0 saturated carbocycles. The van der Waals surface area contributed by atoms with Gasteiger partial charge in [0.1, 0.15) is 0 Å². The highest BCUT2D eigenvalue weighted by atomic mass is 35.5. The molecule has 1 heterocycles. The van der Waals surface area contributed by atoms with Crippen LogP contribution in [0.5, 0.6) is 0 Å². The van der Waals surface area contributed by atoms with Gasteiger partial charge >= 0.3 is 5.97 Å². The van der Waals surface area contributed by atoms with Crippen LogP contribution in [0.25, 0.3) is 0 Å². The van der Waals surface area contributed by atoms with Crippen LogP contribution in [0.3, 0.4) is 0 Å². The number of hydrogen-bond acceptors (Lipinski definition) is 3. The summed E-state index contributed by atoms with van der Waals surface area (Å²) in [5.41, 5.74) is 0.940. The summed E-state index contributed by atoms with van der Waals surface area (Å²) >= 11 is 6.05. The number of nitrogens with zero attached hydrogens (tertiary/aromatic N) is 1. The number of hydrogen-bond donors (Lipinski definition) is 0. The Morgan fingerprint density at radius 2 is 2.00 bits per heavy atom. The highest BCUT2D eigenvalue weighted by Crippen LogP contribution is 2.15. The molecule has 0 amide bonds. The monoisotopic (exact) mass is 277 g/mol. The van der Waals surface area contributed by atoms with Gasteiger partial charge in [0.25, 0.3) is 5.56 Å². The van der Waals surface area contributed by atoms with Crippen molar-refractivity contribution in [2.75, 3.05) is 7.11 Å². The average molecular weight is 278 g/mol. The second-order valence-electron chi connectivity index (χ2n) is 3.97. The van der Waals surface area contributed by atoms with E-state index in [9.17, 15) is 9.59 Å². The highest BCUT2D eigenvalue weighted by molar-refractivity contribution is 6.31. The van der Waals surface area contributed by atoms with Gasteiger partial charge in [-0.3, -0.25) is 4.79 Å². The first kappa shape index (κ1) is 13.4. The number of carbonyl (C=O) groups is 1. The van der Waals surface area contributed by atoms with Crippen molar-refractivity contribution in [3.05, 3.63) is 69.1 Å². The zero-order valence-electron chi connectivity index (χ0n) is 10.3. The van der Waals surface area contributed by atoms with Crippen molar-refractivity contribution in [2.45, 2.75) is 6.54 Å². The van der Waals surface area contributed by atoms with Crippen molar-refractivity contribution in [3.8, 4) is 0 Å². The SMILES string of the molecule is COC(=O)c1ccc(=O)n(Cc2ccccc2Cl)c1. The topological polar surface area (TPSA) is 48.3 Å². The number of pyridine rings is 1. The number of ether oxygens (including phenoxy) is 1. The van der Waals surface area contributed by atoms with E-state index in [1.54, 1.807) is 6.07 Å². The van der Waals surface area contributed by atoms with Gasteiger partial charge in [-0.2, -0.15) is 0 Å². The second-order valence-corrected chi connectivity index (χ2v) is 4.37. The Morgan fingerprint density at radius 3 is 2.68 bits per heavy atom. The molecule has 0 fully saturated rings. The van der Waals surface area contributed by atoms with E-state index < -0.39 is 5.97 Å². The van der Waals surface area contributed by atoms with E-state index in [0.29, 0.717) is 17.1 Å². The summed E-state index contributed by atoms with van der Waals surface area (Å²) in [4.78, 5) is 23.2. The van der Waals surface area contributed by atoms with E-state index in [1.165, 1.54) is 30.0 Å². The fourth-order valence-electron chi connectivity index (χ4n) is 1.70. The first-order chi connectivity index (χ1) is 9.11. The van der Waals surface area contributed by atoms with Crippen molar-refractivity contribution in [1.82, 2.24) is 4.57 Å². The predicted octanol–water partition coefficient (Wildman–Crippen LogP) is 2.34. The molecule has 98 valence electrons. The van der Waals surface area contributed by atoms with Crippen LogP contribution in [0.4, 0.5) is 0 Å². The maximum Gasteiger partial charge on any atom is 0.339 e. The van der Waals surface area contributed by atoms with Crippen molar-refractivity contribution >= 4 is 17.6 Å². The van der Waals surface area contributed by atoms with Crippen molar-refractivity contribution in [1.29, 1.82) is 0 Å². The van der Waals surface area contributed by atoms with Crippen LogP contribution in [0.2, 0.25) is 5.02 Å². The molecular formula is C14H12ClNO3. The van der Waals surface area contributed by atoms with Gasteiger partial charge in [-0.25, -0.2) is 4.79 Å². The summed E-state index contributed by atoms with van der Waals surface area (Å²) < 4.78 is 6.05. The van der Waals surface area contributed by atoms with Crippen LogP contribution >= 0.6 is 11.6 Å². The van der Waals surface area contributed by atoms with Gasteiger partial charge in [-0.1, -0.05) is 29.8 Å². The molecule has 0 saturated heterocycles. The Hall–Kier alpha value is -2.07. The molecule has 0 radical (unpaired) electrons. The Labute approximate surface area is 115 Å². The third kappa shape index (κ3) is 3.03. The zero-order chi connectivity index (χ0) is 13.8. The lowest BCUT2D eigenvalue weighted by molar-refractivity contribution is 0.0599. The standard InChI is InChI=1S/C14H12ClNO3/c1-19-14(18)11-6-7-13(17)16(9-11)8-10-4-2-3-5-12(10)15/h2-7,9H,8H2,1H3. The smallest absolute Gasteiger partial charge is 0.339 e. The minimum atomic E-state index is -0.479. The third-order valence-corrected chi connectivity index (χ3v) is 3.07. The Bertz CT molecular complexity index is 664. The van der Waals surface area contributed by atoms with Crippen LogP contribution in [-0.4, -0.2) is 17.6 Å². The number of esters is 1. The van der Waals surface area contributed by atoms with Crippen molar-refractivity contribution in [3.63, 3.8) is 0 Å². The highest BCUT2D eigenvalue weighted by Gasteiger charge is 2.08. The molecule has 5 heteroatoms. The van der Waals surface area contributed by atoms with E-state index in [2.05, 4.69) is 4.74 Å². The predicted molar refractivity (Wildman–Crippen MR) is 72.6 cm³/mol. The molecule has 1 aromatic heterocycles. The van der Waals surface area contributed by atoms with Gasteiger partial charge < -0.3 is 9.30 Å². The quantitative estimate of drug-likeness (QED) is 0.809. The van der Waals surface area contributed by atoms with Crippen LogP contribution < -0.4 is 5.56 Å². The number of aromatic nitrogens is 1. The summed E-state index contributed by atoms with van der Waals surface area (Å²) in [6, 6.07) is 10.0. The van der Waals surface area contributed by atoms with Gasteiger partial charge in [-0.05, 0) is 17.7 Å². The molecule has 2 aromatic rings. The lowest BCUT2D eigenvalue weighted by atomic mass is 10.2. The lowest BCUT2D eigenvalue weighted by Crippen LogP contribution is -2.21. The molecule has 0 N–H and O–H groups in total. The summed E-state index contributed by atoms with van der Waals surface area (Å²) in [6.45, 7) is 0.309. The van der Waals surface area contributed by atoms with Gasteiger partial charge in [0.05, 0.1) is 19.2 Å². The summed E-state index contributed by atoms with van der Waals surface area (Å²) in [6.07, 6.45) is 1.47. The summed E-state index contributed by atoms with van der Waals surface area (Å²) in [5, 5.41) is 0.581. The minimum Gasteiger partial charge on any atom is -0.465 e. The molecule has 4 nitrogen and oxygen atoms in total. The van der Waals surface area contributed by atoms with Gasteiger partial charge in [0.2, 0.25) is 0 Å². The van der Waals surface area contributed by atoms with Crippen LogP contribution in [0, 0.1) is 0 Å². The molecule has 0 aliphatic carbocycles. The Morgan fingerprint density at radius 1 is 1.26 bits per heavy atom. The van der Waals surface area contributed by atoms with Gasteiger partial charge in [0, 0.05) is 17.3 Å². The zero-order valence-corrected chi connectivity index (χ0v) is 11.1. The van der Waals surface area contributed by atoms with Crippen molar-refractivity contribution in [2.24, 2.45) is 0 Å². The fraction of sp³-hybridized carbons (Fsp3) is 0.143. The second kappa shape index (κ2) is 5.71. The lowest BCUT2D eigenvalue weighted by Gasteiger charge is -2.08. The molecule has 19 heavy (non-hydrogen) atoms. The summed E-state index contributed by atoms with van der Waals surface area (Å²) in [7, 11) is 1.30. The number of halogens is 1. The maximum atomic E-state index is 11.8. The fourth-order valence-corrected chi connectivity index (χ4v) is 1.90. The number of carbonyl (C=O) groups excluding carboxylic acids is 1. The first-order valence-corrected chi connectivity index (χ1v) is 6.02. The molecule has 1 aromatic carbocycles. The molecule has 0 aliphatic rings. The Kier molecular flexibility index (Phi) is 4.02. The number of methoxy groups -OCH3 is 1. The summed E-state index contributed by atoms with van der Waals surface area (Å²) in [5.74, 6) is -0.479. The molecule has 0 atom stereocenters. The van der Waals surface area contributed by atoms with Crippen LogP contribution in [0.15, 0.2) is 47.4 Å². The number of rotatable bonds is 3. The third-order valence-electron chi connectivity index (χ3n) is 2.70. The molecule has 0 unspecified atom stereocenters. The average Bonchev–Trinajstić information content (AvgIpc) is 2.42. The number of benzene rings is 1. The first-order valence-electron chi connectivity index (χ1n) is 5.64. The van der Waals surface area contributed by atoms with E-state index in [0.717, 1.165) is 5.56 Å². The normalized spacial score (nSPS) is 10.2. The van der Waals surface area contributed by atoms with E-state index in [-0.39, 0.29) is 5.56 Å². The van der Waals surface area contributed by atoms with E-state index >= 15 is 0 Å². The van der Waals surface area contributed by atoms with Crippen LogP contribution in [0.1, 0.15) is 15.9 Å². The van der Waals surface area contributed by atoms with Gasteiger partial charge in [0.15, 0.2) is 0 Å². The van der Waals surface area contributed by atoms with E-state index in [4.69, 9.17) is 11.6 Å². The maximum absolute atomic E-state index is 11.8. The van der Waals surface area contributed by atoms with Crippen LogP contribution in [-0.2, 0) is 11.3 Å². The molecule has 0 spiro atoms. The Balaban J connectivity index is 2.37. The molecular weight excluding hydrogens is 266 g/mol. The molecule has 2 rings (SSSR count).